The molecular formula is C2H7N2O4S2-. The first-order valence-electron chi connectivity index (χ1n) is 1.86. The molecule has 0 fully saturated rings. The van der Waals surface area contributed by atoms with Crippen LogP contribution in [0.2, 0.25) is 0 Å². The van der Waals surface area contributed by atoms with Crippen molar-refractivity contribution < 1.29 is 22.9 Å². The van der Waals surface area contributed by atoms with Crippen molar-refractivity contribution in [2.45, 2.75) is 0 Å². The lowest BCUT2D eigenvalue weighted by molar-refractivity contribution is -0.110. The van der Waals surface area contributed by atoms with Gasteiger partial charge in [-0.25, -0.2) is 0 Å². The van der Waals surface area contributed by atoms with E-state index in [0.717, 1.165) is 0 Å². The van der Waals surface area contributed by atoms with Crippen molar-refractivity contribution in [2.75, 3.05) is 6.26 Å². The maximum atomic E-state index is 8.52. The normalized spacial score (nSPS) is 9.50. The van der Waals surface area contributed by atoms with Crippen molar-refractivity contribution in [2.24, 2.45) is 5.73 Å². The minimum absolute atomic E-state index is 0.421. The fourth-order valence-corrected chi connectivity index (χ4v) is 0. The molecule has 0 bridgehead atoms. The van der Waals surface area contributed by atoms with Crippen LogP contribution in [0.15, 0.2) is 0 Å². The van der Waals surface area contributed by atoms with E-state index in [9.17, 15) is 0 Å². The molecule has 0 aliphatic rings. The Morgan fingerprint density at radius 2 is 1.70 bits per heavy atom. The maximum absolute atomic E-state index is 8.52. The standard InChI is InChI=1S/C2H6N2S.H2O4S/c1-5-2(3)4;1-5(2,3)4/h1H3,(H3,3,4);(H2,1,2,3,4)/p-1. The lowest BCUT2D eigenvalue weighted by Crippen LogP contribution is -2.42. The molecule has 0 spiro atoms. The average Bonchev–Trinajstić information content (AvgIpc) is 1.61. The molecule has 0 rings (SSSR count). The summed E-state index contributed by atoms with van der Waals surface area (Å²) in [5.41, 5.74) is 4.95. The van der Waals surface area contributed by atoms with E-state index in [2.05, 4.69) is 0 Å². The van der Waals surface area contributed by atoms with Crippen molar-refractivity contribution >= 4 is 27.3 Å². The van der Waals surface area contributed by atoms with E-state index in [-0.39, 0.29) is 0 Å². The molecule has 4 N–H and O–H groups in total. The first-order chi connectivity index (χ1) is 4.27. The lowest BCUT2D eigenvalue weighted by atomic mass is 11.4. The Labute approximate surface area is 62.9 Å². The van der Waals surface area contributed by atoms with E-state index in [4.69, 9.17) is 28.7 Å². The van der Waals surface area contributed by atoms with Crippen LogP contribution >= 0.6 is 11.8 Å². The summed E-state index contributed by atoms with van der Waals surface area (Å²) in [7, 11) is -5.17. The summed E-state index contributed by atoms with van der Waals surface area (Å²) in [4.78, 5) is 0. The van der Waals surface area contributed by atoms with Crippen molar-refractivity contribution in [1.29, 1.82) is 0 Å². The Kier molecular flexibility index (Phi) is 6.77. The molecule has 0 radical (unpaired) electrons. The zero-order valence-electron chi connectivity index (χ0n) is 5.10. The van der Waals surface area contributed by atoms with E-state index >= 15 is 0 Å². The molecule has 0 saturated carbocycles. The van der Waals surface area contributed by atoms with E-state index in [1.54, 1.807) is 0 Å². The molecule has 0 atom stereocenters. The van der Waals surface area contributed by atoms with Gasteiger partial charge in [-0.2, -0.15) is 0 Å². The SMILES string of the molecule is CSC(N)=[NH2+].O=S(=O)([O-])[O-]. The molecule has 8 heteroatoms. The Bertz CT molecular complexity index is 177. The zero-order chi connectivity index (χ0) is 8.78. The summed E-state index contributed by atoms with van der Waals surface area (Å²) in [6.07, 6.45) is 1.83. The van der Waals surface area contributed by atoms with Crippen LogP contribution in [0.3, 0.4) is 0 Å². The van der Waals surface area contributed by atoms with Crippen LogP contribution in [0.1, 0.15) is 0 Å². The molecular weight excluding hydrogens is 180 g/mol. The van der Waals surface area contributed by atoms with Gasteiger partial charge in [0.1, 0.15) is 0 Å². The average molecular weight is 187 g/mol. The molecule has 0 aliphatic carbocycles. The van der Waals surface area contributed by atoms with E-state index < -0.39 is 10.4 Å². The van der Waals surface area contributed by atoms with Gasteiger partial charge in [0.25, 0.3) is 5.17 Å². The van der Waals surface area contributed by atoms with Crippen LogP contribution in [-0.4, -0.2) is 28.9 Å². The number of hydrogen-bond acceptors (Lipinski definition) is 5. The first-order valence-corrected chi connectivity index (χ1v) is 4.41. The van der Waals surface area contributed by atoms with Crippen LogP contribution in [0.4, 0.5) is 0 Å². The predicted octanol–water partition coefficient (Wildman–Crippen LogP) is -2.91. The monoisotopic (exact) mass is 187 g/mol. The molecule has 62 valence electrons. The van der Waals surface area contributed by atoms with Gasteiger partial charge in [-0.05, 0) is 18.0 Å². The van der Waals surface area contributed by atoms with Gasteiger partial charge in [0.05, 0.1) is 0 Å². The van der Waals surface area contributed by atoms with Crippen LogP contribution < -0.4 is 11.1 Å². The summed E-state index contributed by atoms with van der Waals surface area (Å²) >= 11 is 1.35. The lowest BCUT2D eigenvalue weighted by Gasteiger charge is -2.06. The Morgan fingerprint density at radius 1 is 1.60 bits per heavy atom. The Morgan fingerprint density at radius 3 is 1.70 bits per heavy atom. The van der Waals surface area contributed by atoms with Crippen LogP contribution in [-0.2, 0) is 10.4 Å². The summed E-state index contributed by atoms with van der Waals surface area (Å²) < 4.78 is 34.1. The molecule has 0 amide bonds. The third-order valence-electron chi connectivity index (χ3n) is 0.236. The molecule has 0 saturated heterocycles. The largest absolute Gasteiger partial charge is 0.759 e. The van der Waals surface area contributed by atoms with Crippen molar-refractivity contribution in [3.05, 3.63) is 0 Å². The molecule has 10 heavy (non-hydrogen) atoms. The molecule has 0 aliphatic heterocycles. The third-order valence-corrected chi connectivity index (χ3v) is 0.707. The fraction of sp³-hybridized carbons (Fsp3) is 0.500. The van der Waals surface area contributed by atoms with Gasteiger partial charge in [0.15, 0.2) is 0 Å². The van der Waals surface area contributed by atoms with Gasteiger partial charge >= 0.3 is 0 Å². The summed E-state index contributed by atoms with van der Waals surface area (Å²) in [5.74, 6) is 0. The molecule has 0 aromatic heterocycles. The Hall–Kier alpha value is -0.310. The quantitative estimate of drug-likeness (QED) is 0.181. The van der Waals surface area contributed by atoms with Gasteiger partial charge in [-0.3, -0.25) is 19.6 Å². The number of thioether (sulfide) groups is 1. The van der Waals surface area contributed by atoms with Gasteiger partial charge in [0.2, 0.25) is 0 Å². The second kappa shape index (κ2) is 5.47. The van der Waals surface area contributed by atoms with Gasteiger partial charge in [-0.1, -0.05) is 0 Å². The number of amidine groups is 1. The van der Waals surface area contributed by atoms with Crippen molar-refractivity contribution in [3.8, 4) is 0 Å². The zero-order valence-corrected chi connectivity index (χ0v) is 6.74. The smallest absolute Gasteiger partial charge is 0.299 e. The van der Waals surface area contributed by atoms with Gasteiger partial charge in [-0.15, -0.1) is 0 Å². The Balaban J connectivity index is 0. The molecule has 0 unspecified atom stereocenters. The summed E-state index contributed by atoms with van der Waals surface area (Å²) in [6.45, 7) is 0. The summed E-state index contributed by atoms with van der Waals surface area (Å²) in [6, 6.07) is 0. The molecule has 0 heterocycles. The van der Waals surface area contributed by atoms with Crippen LogP contribution in [0, 0.1) is 0 Å². The molecule has 6 nitrogen and oxygen atoms in total. The highest BCUT2D eigenvalue weighted by atomic mass is 32.3. The highest BCUT2D eigenvalue weighted by Crippen LogP contribution is 1.79. The van der Waals surface area contributed by atoms with Crippen molar-refractivity contribution in [3.63, 3.8) is 0 Å². The predicted molar refractivity (Wildman–Crippen MR) is 35.1 cm³/mol. The molecule has 0 aromatic carbocycles. The van der Waals surface area contributed by atoms with Gasteiger partial charge < -0.3 is 9.11 Å². The second-order valence-corrected chi connectivity index (χ2v) is 2.71. The maximum Gasteiger partial charge on any atom is 0.299 e. The highest BCUT2D eigenvalue weighted by molar-refractivity contribution is 8.12. The second-order valence-electron chi connectivity index (χ2n) is 1.01. The number of rotatable bonds is 0. The summed E-state index contributed by atoms with van der Waals surface area (Å²) in [5, 5.41) is 5.37. The minimum atomic E-state index is -5.17. The highest BCUT2D eigenvalue weighted by Gasteiger charge is 1.80. The van der Waals surface area contributed by atoms with E-state index in [1.807, 2.05) is 6.26 Å². The van der Waals surface area contributed by atoms with Crippen LogP contribution in [0.25, 0.3) is 0 Å². The molecule has 0 aromatic rings. The van der Waals surface area contributed by atoms with Crippen LogP contribution in [0.5, 0.6) is 0 Å². The minimum Gasteiger partial charge on any atom is -0.759 e. The van der Waals surface area contributed by atoms with E-state index in [1.165, 1.54) is 11.8 Å². The third kappa shape index (κ3) is 121. The first kappa shape index (κ1) is 12.4. The number of nitrogens with two attached hydrogens (primary N) is 2. The van der Waals surface area contributed by atoms with Crippen molar-refractivity contribution in [1.82, 2.24) is 0 Å². The topological polar surface area (TPSA) is 132 Å². The van der Waals surface area contributed by atoms with E-state index in [0.29, 0.717) is 5.17 Å². The fourth-order valence-electron chi connectivity index (χ4n) is 0. The van der Waals surface area contributed by atoms with Gasteiger partial charge in [0, 0.05) is 10.4 Å². The number of hydrogen-bond donors (Lipinski definition) is 2.